The summed E-state index contributed by atoms with van der Waals surface area (Å²) in [7, 11) is 0. The molecule has 0 spiro atoms. The Morgan fingerprint density at radius 2 is 2.00 bits per heavy atom. The van der Waals surface area contributed by atoms with Gasteiger partial charge >= 0.3 is 0 Å². The number of hydrogen-bond acceptors (Lipinski definition) is 4. The van der Waals surface area contributed by atoms with Crippen LogP contribution in [0.25, 0.3) is 11.4 Å². The van der Waals surface area contributed by atoms with Gasteiger partial charge in [0, 0.05) is 17.7 Å². The number of carbonyl (C=O) groups excluding carboxylic acids is 1. The first-order valence-corrected chi connectivity index (χ1v) is 8.47. The van der Waals surface area contributed by atoms with Gasteiger partial charge in [-0.15, -0.1) is 0 Å². The second kappa shape index (κ2) is 8.06. The van der Waals surface area contributed by atoms with Crippen LogP contribution in [0.3, 0.4) is 0 Å². The normalized spacial score (nSPS) is 11.5. The zero-order valence-corrected chi connectivity index (χ0v) is 14.6. The van der Waals surface area contributed by atoms with Crippen molar-refractivity contribution in [2.24, 2.45) is 0 Å². The van der Waals surface area contributed by atoms with E-state index < -0.39 is 5.60 Å². The number of benzene rings is 1. The van der Waals surface area contributed by atoms with Gasteiger partial charge in [-0.25, -0.2) is 4.98 Å². The average Bonchev–Trinajstić information content (AvgIpc) is 3.00. The van der Waals surface area contributed by atoms with E-state index >= 15 is 0 Å². The third kappa shape index (κ3) is 4.64. The van der Waals surface area contributed by atoms with Crippen molar-refractivity contribution in [1.82, 2.24) is 20.5 Å². The number of H-pyrrole nitrogens is 1. The molecule has 0 radical (unpaired) electrons. The second-order valence-corrected chi connectivity index (χ2v) is 6.23. The fourth-order valence-electron chi connectivity index (χ4n) is 2.85. The van der Waals surface area contributed by atoms with Crippen LogP contribution in [0.1, 0.15) is 55.7 Å². The fraction of sp³-hybridized carbons (Fsp3) is 0.500. The number of aliphatic hydroxyl groups is 1. The Morgan fingerprint density at radius 3 is 2.58 bits per heavy atom. The van der Waals surface area contributed by atoms with Crippen molar-refractivity contribution in [2.75, 3.05) is 6.54 Å². The van der Waals surface area contributed by atoms with Crippen molar-refractivity contribution in [3.05, 3.63) is 35.7 Å². The third-order valence-electron chi connectivity index (χ3n) is 3.99. The maximum Gasteiger partial charge on any atom is 0.251 e. The number of hydrogen-bond donors (Lipinski definition) is 3. The van der Waals surface area contributed by atoms with E-state index in [1.165, 1.54) is 0 Å². The largest absolute Gasteiger partial charge is 0.388 e. The van der Waals surface area contributed by atoms with Gasteiger partial charge in [0.2, 0.25) is 0 Å². The van der Waals surface area contributed by atoms with Crippen LogP contribution in [-0.4, -0.2) is 38.3 Å². The summed E-state index contributed by atoms with van der Waals surface area (Å²) in [5.74, 6) is 1.09. The van der Waals surface area contributed by atoms with E-state index in [-0.39, 0.29) is 12.5 Å². The Bertz CT molecular complexity index is 675. The summed E-state index contributed by atoms with van der Waals surface area (Å²) in [4.78, 5) is 16.7. The first kappa shape index (κ1) is 18.1. The Labute approximate surface area is 142 Å². The third-order valence-corrected chi connectivity index (χ3v) is 3.99. The summed E-state index contributed by atoms with van der Waals surface area (Å²) in [6.45, 7) is 6.16. The molecule has 0 aliphatic carbocycles. The number of aromatic amines is 1. The van der Waals surface area contributed by atoms with E-state index in [4.69, 9.17) is 0 Å². The number of rotatable bonds is 8. The number of amides is 1. The molecule has 24 heavy (non-hydrogen) atoms. The van der Waals surface area contributed by atoms with Crippen LogP contribution in [-0.2, 0) is 0 Å². The molecule has 3 N–H and O–H groups in total. The molecular weight excluding hydrogens is 304 g/mol. The number of aryl methyl sites for hydroxylation is 1. The first-order chi connectivity index (χ1) is 11.5. The maximum atomic E-state index is 12.4. The molecule has 1 heterocycles. The molecule has 0 aliphatic heterocycles. The maximum absolute atomic E-state index is 12.4. The predicted octanol–water partition coefficient (Wildman–Crippen LogP) is 2.84. The Kier molecular flexibility index (Phi) is 6.09. The molecule has 6 nitrogen and oxygen atoms in total. The number of aromatic nitrogens is 3. The molecule has 1 aromatic carbocycles. The highest BCUT2D eigenvalue weighted by Gasteiger charge is 2.25. The first-order valence-electron chi connectivity index (χ1n) is 8.47. The highest BCUT2D eigenvalue weighted by molar-refractivity contribution is 5.95. The molecule has 2 aromatic rings. The predicted molar refractivity (Wildman–Crippen MR) is 93.7 cm³/mol. The van der Waals surface area contributed by atoms with Crippen molar-refractivity contribution in [3.8, 4) is 11.4 Å². The standard InChI is InChI=1S/C18H26N4O2/c1-4-9-18(24,10-5-2)12-19-17(23)15-8-6-7-14(11-15)16-20-13(3)21-22-16/h6-8,11,24H,4-5,9-10,12H2,1-3H3,(H,19,23)(H,20,21,22). The monoisotopic (exact) mass is 330 g/mol. The summed E-state index contributed by atoms with van der Waals surface area (Å²) in [5.41, 5.74) is 0.479. The zero-order valence-electron chi connectivity index (χ0n) is 14.6. The molecule has 0 fully saturated rings. The summed E-state index contributed by atoms with van der Waals surface area (Å²) >= 11 is 0. The van der Waals surface area contributed by atoms with Crippen LogP contribution in [0, 0.1) is 6.92 Å². The highest BCUT2D eigenvalue weighted by atomic mass is 16.3. The van der Waals surface area contributed by atoms with E-state index in [1.54, 1.807) is 18.2 Å². The van der Waals surface area contributed by atoms with Gasteiger partial charge in [0.25, 0.3) is 5.91 Å². The van der Waals surface area contributed by atoms with Crippen LogP contribution in [0.15, 0.2) is 24.3 Å². The van der Waals surface area contributed by atoms with Crippen molar-refractivity contribution in [3.63, 3.8) is 0 Å². The average molecular weight is 330 g/mol. The summed E-state index contributed by atoms with van der Waals surface area (Å²) < 4.78 is 0. The smallest absolute Gasteiger partial charge is 0.251 e. The van der Waals surface area contributed by atoms with E-state index in [0.29, 0.717) is 24.2 Å². The summed E-state index contributed by atoms with van der Waals surface area (Å²) in [6, 6.07) is 7.18. The van der Waals surface area contributed by atoms with Crippen molar-refractivity contribution < 1.29 is 9.90 Å². The molecule has 0 saturated carbocycles. The molecule has 0 aliphatic rings. The Hall–Kier alpha value is -2.21. The van der Waals surface area contributed by atoms with Gasteiger partial charge in [0.05, 0.1) is 5.60 Å². The van der Waals surface area contributed by atoms with E-state index in [1.807, 2.05) is 26.8 Å². The molecule has 130 valence electrons. The van der Waals surface area contributed by atoms with Gasteiger partial charge < -0.3 is 10.4 Å². The van der Waals surface area contributed by atoms with Crippen molar-refractivity contribution in [1.29, 1.82) is 0 Å². The van der Waals surface area contributed by atoms with Gasteiger partial charge in [0.1, 0.15) is 5.82 Å². The number of nitrogens with one attached hydrogen (secondary N) is 2. The number of carbonyl (C=O) groups is 1. The van der Waals surface area contributed by atoms with Gasteiger partial charge in [-0.3, -0.25) is 9.89 Å². The summed E-state index contributed by atoms with van der Waals surface area (Å²) in [5, 5.41) is 20.4. The molecule has 1 amide bonds. The van der Waals surface area contributed by atoms with Gasteiger partial charge in [-0.2, -0.15) is 5.10 Å². The van der Waals surface area contributed by atoms with Crippen LogP contribution >= 0.6 is 0 Å². The van der Waals surface area contributed by atoms with Crippen molar-refractivity contribution >= 4 is 5.91 Å². The van der Waals surface area contributed by atoms with Gasteiger partial charge in [-0.1, -0.05) is 38.8 Å². The molecule has 1 aromatic heterocycles. The van der Waals surface area contributed by atoms with Crippen LogP contribution < -0.4 is 5.32 Å². The lowest BCUT2D eigenvalue weighted by molar-refractivity contribution is 0.0213. The molecule has 0 atom stereocenters. The molecular formula is C18H26N4O2. The van der Waals surface area contributed by atoms with Gasteiger partial charge in [-0.05, 0) is 31.9 Å². The van der Waals surface area contributed by atoms with Crippen molar-refractivity contribution in [2.45, 2.75) is 52.1 Å². The Balaban J connectivity index is 2.07. The molecule has 0 unspecified atom stereocenters. The lowest BCUT2D eigenvalue weighted by Gasteiger charge is -2.27. The molecule has 6 heteroatoms. The van der Waals surface area contributed by atoms with E-state index in [9.17, 15) is 9.90 Å². The minimum absolute atomic E-state index is 0.199. The minimum atomic E-state index is -0.836. The summed E-state index contributed by atoms with van der Waals surface area (Å²) in [6.07, 6.45) is 3.12. The van der Waals surface area contributed by atoms with E-state index in [0.717, 1.165) is 24.2 Å². The zero-order chi connectivity index (χ0) is 17.6. The minimum Gasteiger partial charge on any atom is -0.388 e. The van der Waals surface area contributed by atoms with E-state index in [2.05, 4.69) is 20.5 Å². The van der Waals surface area contributed by atoms with Crippen LogP contribution in [0.5, 0.6) is 0 Å². The van der Waals surface area contributed by atoms with Crippen LogP contribution in [0.4, 0.5) is 0 Å². The SMILES string of the molecule is CCCC(O)(CCC)CNC(=O)c1cccc(-c2n[nH]c(C)n2)c1. The lowest BCUT2D eigenvalue weighted by Crippen LogP contribution is -2.42. The fourth-order valence-corrected chi connectivity index (χ4v) is 2.85. The lowest BCUT2D eigenvalue weighted by atomic mass is 9.92. The second-order valence-electron chi connectivity index (χ2n) is 6.23. The highest BCUT2D eigenvalue weighted by Crippen LogP contribution is 2.19. The molecule has 2 rings (SSSR count). The quantitative estimate of drug-likeness (QED) is 0.694. The topological polar surface area (TPSA) is 90.9 Å². The number of nitrogens with zero attached hydrogens (tertiary/aromatic N) is 2. The molecule has 0 saturated heterocycles. The molecule has 0 bridgehead atoms. The van der Waals surface area contributed by atoms with Crippen LogP contribution in [0.2, 0.25) is 0 Å². The van der Waals surface area contributed by atoms with Gasteiger partial charge in [0.15, 0.2) is 5.82 Å². The Morgan fingerprint density at radius 1 is 1.29 bits per heavy atom.